The normalized spacial score (nSPS) is 13.0. The van der Waals surface area contributed by atoms with Crippen molar-refractivity contribution in [3.05, 3.63) is 76.3 Å². The predicted molar refractivity (Wildman–Crippen MR) is 161 cm³/mol. The van der Waals surface area contributed by atoms with Gasteiger partial charge in [-0.15, -0.1) is 0 Å². The molecule has 0 saturated heterocycles. The summed E-state index contributed by atoms with van der Waals surface area (Å²) < 4.78 is 17.0. The van der Waals surface area contributed by atoms with Crippen molar-refractivity contribution >= 4 is 29.0 Å². The van der Waals surface area contributed by atoms with Crippen molar-refractivity contribution in [2.75, 3.05) is 11.9 Å². The quantitative estimate of drug-likeness (QED) is 0.193. The molecule has 0 radical (unpaired) electrons. The van der Waals surface area contributed by atoms with E-state index in [1.807, 2.05) is 47.9 Å². The number of rotatable bonds is 9. The summed E-state index contributed by atoms with van der Waals surface area (Å²) in [5.74, 6) is -0.820. The Morgan fingerprint density at radius 1 is 1.05 bits per heavy atom. The fraction of sp³-hybridized carbons (Fsp3) is 0.469. The van der Waals surface area contributed by atoms with Crippen molar-refractivity contribution in [2.45, 2.75) is 90.6 Å². The minimum absolute atomic E-state index is 0.0860. The number of nitrogens with one attached hydrogen (secondary N) is 2. The maximum atomic E-state index is 15.0. The van der Waals surface area contributed by atoms with Crippen LogP contribution in [0.2, 0.25) is 0 Å². The van der Waals surface area contributed by atoms with E-state index in [-0.39, 0.29) is 35.4 Å². The Kier molecular flexibility index (Phi) is 14.5. The molecule has 0 atom stereocenters. The molecule has 0 unspecified atom stereocenters. The average molecular weight is 554 g/mol. The van der Waals surface area contributed by atoms with Crippen LogP contribution in [-0.2, 0) is 4.79 Å². The van der Waals surface area contributed by atoms with Crippen LogP contribution in [0.4, 0.5) is 10.1 Å². The number of halogens is 1. The molecule has 1 aromatic heterocycles. The standard InChI is InChI=1S/C25H36FN3O2.C6H6.CH2O2/c1-4-7-13-27-25(31)20-16-29(18(5-2)6-3)23-15-22(21(26)14-19(23)24(20)30)28-17-11-9-8-10-12-17;1-2-4-6-5-3-1;2-1-3/h14-18,28H,4-13H2,1-3H3,(H,27,31);1-6H;1H,(H,2,3). The number of carbonyl (C=O) groups is 2. The van der Waals surface area contributed by atoms with Crippen molar-refractivity contribution < 1.29 is 19.1 Å². The molecule has 2 aromatic carbocycles. The van der Waals surface area contributed by atoms with Gasteiger partial charge in [-0.05, 0) is 44.2 Å². The smallest absolute Gasteiger partial charge is 0.290 e. The number of fused-ring (bicyclic) bond motifs is 1. The molecule has 1 amide bonds. The van der Waals surface area contributed by atoms with Gasteiger partial charge in [-0.2, -0.15) is 0 Å². The van der Waals surface area contributed by atoms with Crippen molar-refractivity contribution in [2.24, 2.45) is 0 Å². The molecule has 3 N–H and O–H groups in total. The van der Waals surface area contributed by atoms with Crippen LogP contribution in [-0.4, -0.2) is 34.6 Å². The highest BCUT2D eigenvalue weighted by Crippen LogP contribution is 2.29. The summed E-state index contributed by atoms with van der Waals surface area (Å²) in [6.07, 6.45) is 10.8. The number of hydrogen-bond acceptors (Lipinski definition) is 4. The van der Waals surface area contributed by atoms with E-state index in [1.165, 1.54) is 12.5 Å². The molecule has 1 saturated carbocycles. The van der Waals surface area contributed by atoms with Gasteiger partial charge < -0.3 is 20.3 Å². The molecule has 1 aliphatic rings. The van der Waals surface area contributed by atoms with Crippen molar-refractivity contribution in [3.8, 4) is 0 Å². The van der Waals surface area contributed by atoms with Crippen LogP contribution in [0.15, 0.2) is 59.5 Å². The van der Waals surface area contributed by atoms with Crippen LogP contribution < -0.4 is 16.1 Å². The fourth-order valence-corrected chi connectivity index (χ4v) is 4.95. The van der Waals surface area contributed by atoms with E-state index in [0.29, 0.717) is 17.7 Å². The number of aromatic nitrogens is 1. The Hall–Kier alpha value is -3.68. The third-order valence-corrected chi connectivity index (χ3v) is 7.15. The van der Waals surface area contributed by atoms with Gasteiger partial charge in [0.15, 0.2) is 0 Å². The van der Waals surface area contributed by atoms with Gasteiger partial charge in [-0.25, -0.2) is 4.39 Å². The van der Waals surface area contributed by atoms with Crippen molar-refractivity contribution in [1.82, 2.24) is 9.88 Å². The van der Waals surface area contributed by atoms with Crippen LogP contribution in [0.3, 0.4) is 0 Å². The summed E-state index contributed by atoms with van der Waals surface area (Å²) in [4.78, 5) is 34.2. The Morgan fingerprint density at radius 2 is 1.62 bits per heavy atom. The van der Waals surface area contributed by atoms with Gasteiger partial charge >= 0.3 is 0 Å². The summed E-state index contributed by atoms with van der Waals surface area (Å²) >= 11 is 0. The maximum Gasteiger partial charge on any atom is 0.290 e. The highest BCUT2D eigenvalue weighted by atomic mass is 19.1. The molecular formula is C32H44FN3O4. The number of pyridine rings is 1. The van der Waals surface area contributed by atoms with Gasteiger partial charge in [-0.1, -0.05) is 82.9 Å². The molecule has 7 nitrogen and oxygen atoms in total. The lowest BCUT2D eigenvalue weighted by Crippen LogP contribution is -2.31. The minimum atomic E-state index is -0.435. The fourth-order valence-electron chi connectivity index (χ4n) is 4.95. The first-order valence-electron chi connectivity index (χ1n) is 14.4. The number of amides is 1. The van der Waals surface area contributed by atoms with E-state index in [0.717, 1.165) is 51.4 Å². The SMILES string of the molecule is CCCCNC(=O)c1cn(C(CC)CC)c2cc(NC3CCCCC3)c(F)cc2c1=O.O=CO.c1ccccc1. The van der Waals surface area contributed by atoms with Crippen LogP contribution in [0, 0.1) is 5.82 Å². The molecule has 0 spiro atoms. The summed E-state index contributed by atoms with van der Waals surface area (Å²) in [5, 5.41) is 13.3. The lowest BCUT2D eigenvalue weighted by molar-refractivity contribution is -0.122. The lowest BCUT2D eigenvalue weighted by atomic mass is 9.95. The summed E-state index contributed by atoms with van der Waals surface area (Å²) in [7, 11) is 0. The van der Waals surface area contributed by atoms with E-state index in [1.54, 1.807) is 12.3 Å². The summed E-state index contributed by atoms with van der Waals surface area (Å²) in [6, 6.07) is 15.5. The largest absolute Gasteiger partial charge is 0.483 e. The maximum absolute atomic E-state index is 15.0. The van der Waals surface area contributed by atoms with Crippen molar-refractivity contribution in [3.63, 3.8) is 0 Å². The summed E-state index contributed by atoms with van der Waals surface area (Å²) in [5.41, 5.74) is 0.805. The molecule has 1 fully saturated rings. The molecule has 3 aromatic rings. The molecule has 8 heteroatoms. The summed E-state index contributed by atoms with van der Waals surface area (Å²) in [6.45, 7) is 6.49. The molecular weight excluding hydrogens is 509 g/mol. The van der Waals surface area contributed by atoms with Gasteiger partial charge in [0.1, 0.15) is 11.4 Å². The van der Waals surface area contributed by atoms with Crippen LogP contribution in [0.1, 0.15) is 95.0 Å². The highest BCUT2D eigenvalue weighted by Gasteiger charge is 2.21. The molecule has 40 heavy (non-hydrogen) atoms. The second kappa shape index (κ2) is 17.8. The van der Waals surface area contributed by atoms with E-state index < -0.39 is 11.2 Å². The van der Waals surface area contributed by atoms with Crippen LogP contribution in [0.25, 0.3) is 10.9 Å². The number of benzene rings is 2. The monoisotopic (exact) mass is 553 g/mol. The van der Waals surface area contributed by atoms with Crippen LogP contribution >= 0.6 is 0 Å². The average Bonchev–Trinajstić information content (AvgIpc) is 2.98. The molecule has 1 aliphatic carbocycles. The third kappa shape index (κ3) is 9.50. The Bertz CT molecular complexity index is 1210. The highest BCUT2D eigenvalue weighted by molar-refractivity contribution is 5.97. The minimum Gasteiger partial charge on any atom is -0.483 e. The second-order valence-electron chi connectivity index (χ2n) is 9.95. The topological polar surface area (TPSA) is 100 Å². The van der Waals surface area contributed by atoms with Gasteiger partial charge in [0.05, 0.1) is 11.2 Å². The first kappa shape index (κ1) is 32.5. The predicted octanol–water partition coefficient (Wildman–Crippen LogP) is 7.16. The molecule has 1 heterocycles. The first-order valence-corrected chi connectivity index (χ1v) is 14.4. The number of hydrogen-bond donors (Lipinski definition) is 3. The van der Waals surface area contributed by atoms with E-state index >= 15 is 4.39 Å². The third-order valence-electron chi connectivity index (χ3n) is 7.15. The molecule has 0 bridgehead atoms. The zero-order valence-corrected chi connectivity index (χ0v) is 24.0. The molecule has 4 rings (SSSR count). The number of carboxylic acid groups (broad SMARTS) is 1. The number of anilines is 1. The van der Waals surface area contributed by atoms with Gasteiger partial charge in [0.25, 0.3) is 12.4 Å². The first-order chi connectivity index (χ1) is 19.4. The Labute approximate surface area is 236 Å². The Balaban J connectivity index is 0.000000533. The lowest BCUT2D eigenvalue weighted by Gasteiger charge is -2.25. The van der Waals surface area contributed by atoms with Gasteiger partial charge in [0.2, 0.25) is 5.43 Å². The van der Waals surface area contributed by atoms with E-state index in [2.05, 4.69) is 24.5 Å². The zero-order chi connectivity index (χ0) is 29.3. The molecule has 218 valence electrons. The van der Waals surface area contributed by atoms with Gasteiger partial charge in [0, 0.05) is 30.2 Å². The number of nitrogens with zero attached hydrogens (tertiary/aromatic N) is 1. The zero-order valence-electron chi connectivity index (χ0n) is 24.0. The molecule has 0 aliphatic heterocycles. The van der Waals surface area contributed by atoms with Crippen LogP contribution in [0.5, 0.6) is 0 Å². The number of unbranched alkanes of at least 4 members (excludes halogenated alkanes) is 1. The van der Waals surface area contributed by atoms with Gasteiger partial charge in [-0.3, -0.25) is 14.4 Å². The van der Waals surface area contributed by atoms with E-state index in [4.69, 9.17) is 9.90 Å². The second-order valence-corrected chi connectivity index (χ2v) is 9.95. The Morgan fingerprint density at radius 3 is 2.15 bits per heavy atom. The van der Waals surface area contributed by atoms with Crippen molar-refractivity contribution in [1.29, 1.82) is 0 Å². The van der Waals surface area contributed by atoms with E-state index in [9.17, 15) is 9.59 Å². The number of carbonyl (C=O) groups excluding carboxylic acids is 1.